The average molecular weight is 576 g/mol. The molecule has 0 aliphatic carbocycles. The summed E-state index contributed by atoms with van der Waals surface area (Å²) >= 11 is 9.22. The van der Waals surface area contributed by atoms with Crippen molar-refractivity contribution < 1.29 is 9.21 Å². The second-order valence-electron chi connectivity index (χ2n) is 9.15. The van der Waals surface area contributed by atoms with Crippen LogP contribution in [0.4, 0.5) is 5.69 Å². The van der Waals surface area contributed by atoms with Crippen LogP contribution in [0.5, 0.6) is 0 Å². The van der Waals surface area contributed by atoms with Gasteiger partial charge in [0.2, 0.25) is 5.91 Å². The molecule has 0 bridgehead atoms. The summed E-state index contributed by atoms with van der Waals surface area (Å²) in [5.41, 5.74) is 4.81. The quantitative estimate of drug-likeness (QED) is 0.239. The number of nitrogens with zero attached hydrogens (tertiary/aromatic N) is 2. The molecule has 0 saturated carbocycles. The van der Waals surface area contributed by atoms with Gasteiger partial charge in [-0.15, -0.1) is 0 Å². The maximum Gasteiger partial charge on any atom is 0.226 e. The summed E-state index contributed by atoms with van der Waals surface area (Å²) in [6, 6.07) is 23.3. The third-order valence-electron chi connectivity index (χ3n) is 6.49. The van der Waals surface area contributed by atoms with E-state index >= 15 is 0 Å². The smallest absolute Gasteiger partial charge is 0.226 e. The van der Waals surface area contributed by atoms with Gasteiger partial charge in [0.1, 0.15) is 17.6 Å². The van der Waals surface area contributed by atoms with Crippen molar-refractivity contribution >= 4 is 44.9 Å². The number of thiocarbonyl (C=S) groups is 1. The topological polar surface area (TPSA) is 70.4 Å². The fraction of sp³-hybridized carbons (Fsp3) is 0.207. The van der Waals surface area contributed by atoms with Gasteiger partial charge in [0.15, 0.2) is 5.11 Å². The number of halogens is 1. The highest BCUT2D eigenvalue weighted by Gasteiger charge is 2.41. The van der Waals surface area contributed by atoms with Gasteiger partial charge in [-0.05, 0) is 79.7 Å². The van der Waals surface area contributed by atoms with Crippen molar-refractivity contribution in [1.29, 1.82) is 0 Å². The van der Waals surface area contributed by atoms with Crippen molar-refractivity contribution in [2.75, 3.05) is 11.9 Å². The van der Waals surface area contributed by atoms with Crippen LogP contribution >= 0.6 is 28.1 Å². The molecule has 0 radical (unpaired) electrons. The number of nitrogens with one attached hydrogen (secondary N) is 2. The van der Waals surface area contributed by atoms with Gasteiger partial charge in [-0.2, -0.15) is 0 Å². The van der Waals surface area contributed by atoms with Crippen LogP contribution in [0.1, 0.15) is 41.1 Å². The summed E-state index contributed by atoms with van der Waals surface area (Å²) in [7, 11) is 0. The number of rotatable bonds is 7. The number of anilines is 1. The lowest BCUT2D eigenvalue weighted by molar-refractivity contribution is -0.116. The molecule has 2 aromatic heterocycles. The lowest BCUT2D eigenvalue weighted by Crippen LogP contribution is -2.32. The van der Waals surface area contributed by atoms with E-state index in [2.05, 4.69) is 31.5 Å². The molecule has 37 heavy (non-hydrogen) atoms. The fourth-order valence-electron chi connectivity index (χ4n) is 4.54. The monoisotopic (exact) mass is 574 g/mol. The number of pyridine rings is 1. The van der Waals surface area contributed by atoms with E-state index in [0.717, 1.165) is 44.1 Å². The van der Waals surface area contributed by atoms with Crippen LogP contribution in [0.25, 0.3) is 11.3 Å². The zero-order valence-corrected chi connectivity index (χ0v) is 23.0. The number of amides is 1. The molecule has 1 aliphatic rings. The number of hydrogen-bond donors (Lipinski definition) is 2. The maximum absolute atomic E-state index is 12.9. The summed E-state index contributed by atoms with van der Waals surface area (Å²) in [4.78, 5) is 19.5. The number of carbonyl (C=O) groups is 1. The molecule has 3 heterocycles. The van der Waals surface area contributed by atoms with Crippen LogP contribution in [-0.4, -0.2) is 27.4 Å². The number of benzene rings is 2. The van der Waals surface area contributed by atoms with E-state index in [1.54, 1.807) is 6.20 Å². The number of aromatic nitrogens is 1. The molecule has 0 spiro atoms. The minimum absolute atomic E-state index is 0.0634. The Hall–Kier alpha value is -3.49. The Morgan fingerprint density at radius 2 is 1.92 bits per heavy atom. The Labute approximate surface area is 230 Å². The molecule has 1 fully saturated rings. The van der Waals surface area contributed by atoms with Crippen molar-refractivity contribution in [2.24, 2.45) is 0 Å². The van der Waals surface area contributed by atoms with Gasteiger partial charge in [-0.25, -0.2) is 0 Å². The number of furan rings is 1. The third kappa shape index (κ3) is 5.60. The van der Waals surface area contributed by atoms with Crippen LogP contribution in [0, 0.1) is 13.8 Å². The molecule has 4 aromatic rings. The zero-order chi connectivity index (χ0) is 25.9. The minimum Gasteiger partial charge on any atom is -0.459 e. The molecule has 1 amide bonds. The Kier molecular flexibility index (Phi) is 7.39. The Balaban J connectivity index is 1.39. The minimum atomic E-state index is -0.250. The van der Waals surface area contributed by atoms with E-state index in [0.29, 0.717) is 11.7 Å². The Morgan fingerprint density at radius 1 is 1.11 bits per heavy atom. The highest BCUT2D eigenvalue weighted by Crippen LogP contribution is 2.40. The lowest BCUT2D eigenvalue weighted by Gasteiger charge is -2.26. The first-order valence-corrected chi connectivity index (χ1v) is 13.3. The molecule has 1 saturated heterocycles. The van der Waals surface area contributed by atoms with Gasteiger partial charge in [0.25, 0.3) is 0 Å². The number of carbonyl (C=O) groups excluding carboxylic acids is 1. The van der Waals surface area contributed by atoms with Crippen LogP contribution in [0.15, 0.2) is 87.9 Å². The van der Waals surface area contributed by atoms with E-state index < -0.39 is 0 Å². The third-order valence-corrected chi connectivity index (χ3v) is 7.37. The van der Waals surface area contributed by atoms with Crippen LogP contribution in [0.2, 0.25) is 0 Å². The van der Waals surface area contributed by atoms with Crippen molar-refractivity contribution in [1.82, 2.24) is 15.2 Å². The van der Waals surface area contributed by atoms with Crippen LogP contribution in [-0.2, 0) is 4.79 Å². The average Bonchev–Trinajstić information content (AvgIpc) is 3.50. The fourth-order valence-corrected chi connectivity index (χ4v) is 5.14. The van der Waals surface area contributed by atoms with Gasteiger partial charge in [-0.3, -0.25) is 9.78 Å². The van der Waals surface area contributed by atoms with E-state index in [1.165, 1.54) is 0 Å². The lowest BCUT2D eigenvalue weighted by atomic mass is 10.0. The highest BCUT2D eigenvalue weighted by molar-refractivity contribution is 9.10. The van der Waals surface area contributed by atoms with E-state index in [9.17, 15) is 4.79 Å². The molecule has 8 heteroatoms. The molecule has 1 aliphatic heterocycles. The highest BCUT2D eigenvalue weighted by atomic mass is 79.9. The summed E-state index contributed by atoms with van der Waals surface area (Å²) in [5, 5.41) is 7.03. The van der Waals surface area contributed by atoms with Crippen molar-refractivity contribution in [3.63, 3.8) is 0 Å². The first-order chi connectivity index (χ1) is 17.9. The molecular formula is C29H27BrN4O2S. The van der Waals surface area contributed by atoms with Crippen LogP contribution < -0.4 is 10.6 Å². The largest absolute Gasteiger partial charge is 0.459 e. The Bertz CT molecular complexity index is 1420. The van der Waals surface area contributed by atoms with E-state index in [4.69, 9.17) is 16.6 Å². The summed E-state index contributed by atoms with van der Waals surface area (Å²) in [5.74, 6) is 1.47. The molecule has 5 rings (SSSR count). The predicted molar refractivity (Wildman–Crippen MR) is 153 cm³/mol. The second kappa shape index (κ2) is 10.9. The molecular weight excluding hydrogens is 548 g/mol. The molecule has 188 valence electrons. The van der Waals surface area contributed by atoms with Gasteiger partial charge in [0, 0.05) is 34.9 Å². The number of hydrogen-bond acceptors (Lipinski definition) is 4. The first-order valence-electron chi connectivity index (χ1n) is 12.1. The van der Waals surface area contributed by atoms with E-state index in [-0.39, 0.29) is 24.4 Å². The van der Waals surface area contributed by atoms with E-state index in [1.807, 2.05) is 91.5 Å². The SMILES string of the molecule is Cc1ccc(C)c(NC(=O)CCN2C(=S)N[C@H](c3ccccn3)[C@H]2c2ccc(-c3ccc(Br)cc3)o2)c1. The predicted octanol–water partition coefficient (Wildman–Crippen LogP) is 6.72. The second-order valence-corrected chi connectivity index (χ2v) is 10.4. The van der Waals surface area contributed by atoms with Crippen LogP contribution in [0.3, 0.4) is 0 Å². The molecule has 6 nitrogen and oxygen atoms in total. The first kappa shape index (κ1) is 25.2. The zero-order valence-electron chi connectivity index (χ0n) is 20.6. The molecule has 0 unspecified atom stereocenters. The standard InChI is InChI=1S/C29H27BrN4O2S/c1-18-6-7-19(2)23(17-18)32-26(35)14-16-34-28(27(33-29(34)37)22-5-3-4-15-31-22)25-13-12-24(36-25)20-8-10-21(30)11-9-20/h3-13,15,17,27-28H,14,16H2,1-2H3,(H,32,35)(H,33,37)/t27-,28-/m1/s1. The number of aryl methyl sites for hydroxylation is 2. The van der Waals surface area contributed by atoms with Gasteiger partial charge in [-0.1, -0.05) is 46.3 Å². The summed E-state index contributed by atoms with van der Waals surface area (Å²) in [6.45, 7) is 4.44. The summed E-state index contributed by atoms with van der Waals surface area (Å²) in [6.07, 6.45) is 2.05. The van der Waals surface area contributed by atoms with Crippen molar-refractivity contribution in [3.05, 3.63) is 106 Å². The van der Waals surface area contributed by atoms with Gasteiger partial charge >= 0.3 is 0 Å². The normalized spacial score (nSPS) is 17.1. The van der Waals surface area contributed by atoms with Crippen molar-refractivity contribution in [3.8, 4) is 11.3 Å². The van der Waals surface area contributed by atoms with Crippen molar-refractivity contribution in [2.45, 2.75) is 32.4 Å². The van der Waals surface area contributed by atoms with Gasteiger partial charge < -0.3 is 20.0 Å². The van der Waals surface area contributed by atoms with Gasteiger partial charge in [0.05, 0.1) is 11.7 Å². The molecule has 2 atom stereocenters. The summed E-state index contributed by atoms with van der Waals surface area (Å²) < 4.78 is 7.38. The maximum atomic E-state index is 12.9. The molecule has 2 aromatic carbocycles. The molecule has 2 N–H and O–H groups in total. The Morgan fingerprint density at radius 3 is 2.68 bits per heavy atom.